The van der Waals surface area contributed by atoms with Gasteiger partial charge in [-0.3, -0.25) is 13.9 Å². The summed E-state index contributed by atoms with van der Waals surface area (Å²) in [6.07, 6.45) is 0.247. The molecule has 0 aliphatic heterocycles. The smallest absolute Gasteiger partial charge is 0.264 e. The first-order chi connectivity index (χ1) is 20.1. The van der Waals surface area contributed by atoms with E-state index in [1.807, 2.05) is 67.6 Å². The molecule has 218 valence electrons. The second-order valence-electron chi connectivity index (χ2n) is 9.77. The molecular weight excluding hydrogens is 638 g/mol. The van der Waals surface area contributed by atoms with E-state index < -0.39 is 28.5 Å². The van der Waals surface area contributed by atoms with E-state index in [9.17, 15) is 18.0 Å². The highest BCUT2D eigenvalue weighted by Crippen LogP contribution is 2.27. The highest BCUT2D eigenvalue weighted by Gasteiger charge is 2.34. The Bertz CT molecular complexity index is 1630. The van der Waals surface area contributed by atoms with Gasteiger partial charge in [0.25, 0.3) is 10.0 Å². The predicted octanol–water partition coefficient (Wildman–Crippen LogP) is 5.99. The molecule has 42 heavy (non-hydrogen) atoms. The molecule has 1 N–H and O–H groups in total. The third kappa shape index (κ3) is 7.79. The minimum absolute atomic E-state index is 0.00666. The van der Waals surface area contributed by atoms with Crippen LogP contribution in [0.4, 0.5) is 5.69 Å². The third-order valence-electron chi connectivity index (χ3n) is 6.75. The normalized spacial score (nSPS) is 11.9. The van der Waals surface area contributed by atoms with Crippen molar-refractivity contribution in [1.82, 2.24) is 10.2 Å². The van der Waals surface area contributed by atoms with Gasteiger partial charge in [-0.15, -0.1) is 0 Å². The van der Waals surface area contributed by atoms with Crippen LogP contribution in [0.1, 0.15) is 16.7 Å². The Morgan fingerprint density at radius 3 is 2.17 bits per heavy atom. The van der Waals surface area contributed by atoms with E-state index in [1.54, 1.807) is 18.2 Å². The van der Waals surface area contributed by atoms with E-state index in [1.165, 1.54) is 36.2 Å². The molecule has 0 saturated heterocycles. The number of anilines is 1. The van der Waals surface area contributed by atoms with Crippen molar-refractivity contribution in [2.45, 2.75) is 30.8 Å². The van der Waals surface area contributed by atoms with Crippen LogP contribution in [-0.4, -0.2) is 44.8 Å². The van der Waals surface area contributed by atoms with Gasteiger partial charge in [0.05, 0.1) is 10.6 Å². The summed E-state index contributed by atoms with van der Waals surface area (Å²) in [4.78, 5) is 29.0. The molecule has 0 aromatic heterocycles. The number of nitrogens with zero attached hydrogens (tertiary/aromatic N) is 2. The molecule has 2 amide bonds. The predicted molar refractivity (Wildman–Crippen MR) is 170 cm³/mol. The highest BCUT2D eigenvalue weighted by atomic mass is 79.9. The van der Waals surface area contributed by atoms with E-state index in [0.717, 1.165) is 25.5 Å². The van der Waals surface area contributed by atoms with E-state index in [2.05, 4.69) is 21.2 Å². The zero-order valence-corrected chi connectivity index (χ0v) is 26.4. The number of nitrogens with one attached hydrogen (secondary N) is 1. The lowest BCUT2D eigenvalue weighted by Gasteiger charge is -2.33. The fourth-order valence-electron chi connectivity index (χ4n) is 4.55. The van der Waals surface area contributed by atoms with E-state index in [0.29, 0.717) is 10.7 Å². The van der Waals surface area contributed by atoms with Crippen LogP contribution in [0.2, 0.25) is 5.02 Å². The van der Waals surface area contributed by atoms with Gasteiger partial charge in [-0.2, -0.15) is 0 Å². The fourth-order valence-corrected chi connectivity index (χ4v) is 6.35. The summed E-state index contributed by atoms with van der Waals surface area (Å²) < 4.78 is 29.9. The van der Waals surface area contributed by atoms with Crippen LogP contribution in [-0.2, 0) is 32.6 Å². The molecule has 4 aromatic rings. The molecule has 10 heteroatoms. The van der Waals surface area contributed by atoms with Crippen LogP contribution in [0.15, 0.2) is 112 Å². The van der Waals surface area contributed by atoms with Crippen molar-refractivity contribution in [3.05, 3.63) is 129 Å². The number of carbonyl (C=O) groups is 2. The van der Waals surface area contributed by atoms with Crippen molar-refractivity contribution in [3.8, 4) is 0 Å². The number of likely N-dealkylation sites (N-methyl/N-ethyl adjacent to an activating group) is 1. The summed E-state index contributed by atoms with van der Waals surface area (Å²) in [7, 11) is -2.66. The van der Waals surface area contributed by atoms with Crippen LogP contribution in [0.5, 0.6) is 0 Å². The van der Waals surface area contributed by atoms with Gasteiger partial charge in [-0.05, 0) is 72.1 Å². The van der Waals surface area contributed by atoms with Gasteiger partial charge in [0.1, 0.15) is 12.6 Å². The number of halogens is 2. The minimum atomic E-state index is -4.18. The monoisotopic (exact) mass is 667 g/mol. The topological polar surface area (TPSA) is 86.8 Å². The highest BCUT2D eigenvalue weighted by molar-refractivity contribution is 9.10. The standard InChI is InChI=1S/C32H31BrClN3O4S/c1-23-7-6-10-28(19-23)37(42(40,41)29-17-15-27(34)16-18-29)22-31(38)36(21-25-11-13-26(33)14-12-25)30(32(39)35-2)20-24-8-4-3-5-9-24/h3-19,30H,20-22H2,1-2H3,(H,35,39)/t30-/m1/s1. The molecule has 4 aromatic carbocycles. The zero-order chi connectivity index (χ0) is 30.3. The Morgan fingerprint density at radius 2 is 1.55 bits per heavy atom. The van der Waals surface area contributed by atoms with Crippen LogP contribution in [0.25, 0.3) is 0 Å². The maximum atomic E-state index is 14.3. The van der Waals surface area contributed by atoms with E-state index in [4.69, 9.17) is 11.6 Å². The van der Waals surface area contributed by atoms with E-state index in [-0.39, 0.29) is 23.8 Å². The molecule has 1 atom stereocenters. The van der Waals surface area contributed by atoms with Gasteiger partial charge in [-0.1, -0.05) is 82.1 Å². The molecule has 7 nitrogen and oxygen atoms in total. The van der Waals surface area contributed by atoms with Crippen molar-refractivity contribution in [2.24, 2.45) is 0 Å². The average molecular weight is 669 g/mol. The van der Waals surface area contributed by atoms with Crippen molar-refractivity contribution in [2.75, 3.05) is 17.9 Å². The Kier molecular flexibility index (Phi) is 10.4. The number of sulfonamides is 1. The van der Waals surface area contributed by atoms with Gasteiger partial charge in [0, 0.05) is 29.5 Å². The number of carbonyl (C=O) groups excluding carboxylic acids is 2. The van der Waals surface area contributed by atoms with Gasteiger partial charge in [0.15, 0.2) is 0 Å². The van der Waals surface area contributed by atoms with Gasteiger partial charge in [0.2, 0.25) is 11.8 Å². The number of amides is 2. The van der Waals surface area contributed by atoms with Crippen molar-refractivity contribution >= 4 is 55.1 Å². The lowest BCUT2D eigenvalue weighted by Crippen LogP contribution is -2.53. The number of rotatable bonds is 11. The second-order valence-corrected chi connectivity index (χ2v) is 13.0. The number of hydrogen-bond donors (Lipinski definition) is 1. The Balaban J connectivity index is 1.78. The maximum Gasteiger partial charge on any atom is 0.264 e. The summed E-state index contributed by atoms with van der Waals surface area (Å²) >= 11 is 9.46. The molecule has 0 radical (unpaired) electrons. The fraction of sp³-hybridized carbons (Fsp3) is 0.188. The van der Waals surface area contributed by atoms with Crippen LogP contribution in [0, 0.1) is 6.92 Å². The summed E-state index contributed by atoms with van der Waals surface area (Å²) in [5.41, 5.74) is 2.82. The van der Waals surface area contributed by atoms with E-state index >= 15 is 0 Å². The lowest BCUT2D eigenvalue weighted by molar-refractivity contribution is -0.139. The molecule has 0 saturated carbocycles. The quantitative estimate of drug-likeness (QED) is 0.213. The SMILES string of the molecule is CNC(=O)[C@@H](Cc1ccccc1)N(Cc1ccc(Br)cc1)C(=O)CN(c1cccc(C)c1)S(=O)(=O)c1ccc(Cl)cc1. The molecule has 0 unspecified atom stereocenters. The van der Waals surface area contributed by atoms with Crippen molar-refractivity contribution < 1.29 is 18.0 Å². The first-order valence-corrected chi connectivity index (χ1v) is 15.8. The molecule has 0 aliphatic rings. The molecule has 0 aliphatic carbocycles. The van der Waals surface area contributed by atoms with Crippen molar-refractivity contribution in [3.63, 3.8) is 0 Å². The van der Waals surface area contributed by atoms with Crippen LogP contribution < -0.4 is 9.62 Å². The number of aryl methyl sites for hydroxylation is 1. The molecular formula is C32H31BrClN3O4S. The number of benzene rings is 4. The Hall–Kier alpha value is -3.66. The molecule has 4 rings (SSSR count). The maximum absolute atomic E-state index is 14.3. The average Bonchev–Trinajstić information content (AvgIpc) is 2.98. The molecule has 0 bridgehead atoms. The van der Waals surface area contributed by atoms with Gasteiger partial charge < -0.3 is 10.2 Å². The summed E-state index contributed by atoms with van der Waals surface area (Å²) in [6, 6.07) is 28.7. The van der Waals surface area contributed by atoms with Gasteiger partial charge >= 0.3 is 0 Å². The first kappa shape index (κ1) is 31.3. The lowest BCUT2D eigenvalue weighted by atomic mass is 10.0. The number of hydrogen-bond acceptors (Lipinski definition) is 4. The zero-order valence-electron chi connectivity index (χ0n) is 23.2. The largest absolute Gasteiger partial charge is 0.357 e. The van der Waals surface area contributed by atoms with Crippen molar-refractivity contribution in [1.29, 1.82) is 0 Å². The minimum Gasteiger partial charge on any atom is -0.357 e. The second kappa shape index (κ2) is 14.0. The summed E-state index contributed by atoms with van der Waals surface area (Å²) in [5, 5.41) is 3.08. The molecule has 0 fully saturated rings. The Morgan fingerprint density at radius 1 is 0.881 bits per heavy atom. The first-order valence-electron chi connectivity index (χ1n) is 13.2. The summed E-state index contributed by atoms with van der Waals surface area (Å²) in [6.45, 7) is 1.42. The summed E-state index contributed by atoms with van der Waals surface area (Å²) in [5.74, 6) is -0.881. The van der Waals surface area contributed by atoms with Crippen LogP contribution in [0.3, 0.4) is 0 Å². The van der Waals surface area contributed by atoms with Crippen LogP contribution >= 0.6 is 27.5 Å². The third-order valence-corrected chi connectivity index (χ3v) is 9.32. The molecule has 0 spiro atoms. The Labute approximate surface area is 260 Å². The molecule has 0 heterocycles. The van der Waals surface area contributed by atoms with Gasteiger partial charge in [-0.25, -0.2) is 8.42 Å².